The fourth-order valence-corrected chi connectivity index (χ4v) is 4.44. The number of fused-ring (bicyclic) bond motifs is 1. The number of hydrogen-bond acceptors (Lipinski definition) is 4. The number of allylic oxidation sites excluding steroid dienone is 2. The van der Waals surface area contributed by atoms with Crippen LogP contribution in [0.1, 0.15) is 58.9 Å². The first kappa shape index (κ1) is 18.6. The highest BCUT2D eigenvalue weighted by Gasteiger charge is 2.52. The molecule has 0 N–H and O–H groups in total. The molecule has 1 saturated carbocycles. The van der Waals surface area contributed by atoms with Crippen molar-refractivity contribution in [1.82, 2.24) is 0 Å². The van der Waals surface area contributed by atoms with Crippen LogP contribution in [0.4, 0.5) is 0 Å². The molecule has 0 amide bonds. The van der Waals surface area contributed by atoms with E-state index in [2.05, 4.69) is 12.1 Å². The molecule has 0 bridgehead atoms. The maximum absolute atomic E-state index is 12.7. The Morgan fingerprint density at radius 3 is 2.19 bits per heavy atom. The van der Waals surface area contributed by atoms with Crippen LogP contribution in [0, 0.1) is 5.41 Å². The molecule has 27 heavy (non-hydrogen) atoms. The predicted octanol–water partition coefficient (Wildman–Crippen LogP) is 3.17. The molecule has 0 aromatic heterocycles. The summed E-state index contributed by atoms with van der Waals surface area (Å²) >= 11 is 0. The van der Waals surface area contributed by atoms with Crippen LogP contribution in [0.3, 0.4) is 0 Å². The second-order valence-electron chi connectivity index (χ2n) is 9.15. The van der Waals surface area contributed by atoms with Crippen LogP contribution in [0.5, 0.6) is 0 Å². The summed E-state index contributed by atoms with van der Waals surface area (Å²) in [7, 11) is -0.377. The molecule has 4 rings (SSSR count). The molecule has 0 radical (unpaired) electrons. The number of rotatable bonds is 3. The van der Waals surface area contributed by atoms with E-state index < -0.39 is 5.41 Å². The van der Waals surface area contributed by atoms with E-state index in [1.54, 1.807) is 6.08 Å². The van der Waals surface area contributed by atoms with Crippen molar-refractivity contribution in [3.8, 4) is 0 Å². The highest BCUT2D eigenvalue weighted by atomic mass is 16.7. The van der Waals surface area contributed by atoms with E-state index in [4.69, 9.17) is 9.31 Å². The number of ketones is 2. The molecular weight excluding hydrogens is 339 g/mol. The topological polar surface area (TPSA) is 52.6 Å². The number of hydrogen-bond donors (Lipinski definition) is 0. The van der Waals surface area contributed by atoms with E-state index in [1.165, 1.54) is 0 Å². The molecule has 3 aliphatic rings. The standard InChI is InChI=1S/C22H27BO4/c1-20(2)21(3,4)27-23(26-20)17-8-5-15(6-9-17)14-22-12-11-18(24)13-16(22)7-10-19(22)25/h5-6,8-9,13H,7,10-12,14H2,1-4H3/t22-/m1/s1. The zero-order chi connectivity index (χ0) is 19.4. The zero-order valence-corrected chi connectivity index (χ0v) is 16.6. The third kappa shape index (κ3) is 3.01. The Bertz CT molecular complexity index is 805. The van der Waals surface area contributed by atoms with Gasteiger partial charge in [-0.1, -0.05) is 29.8 Å². The lowest BCUT2D eigenvalue weighted by atomic mass is 9.69. The monoisotopic (exact) mass is 366 g/mol. The Labute approximate surface area is 161 Å². The van der Waals surface area contributed by atoms with E-state index >= 15 is 0 Å². The molecule has 1 heterocycles. The van der Waals surface area contributed by atoms with Gasteiger partial charge in [-0.15, -0.1) is 0 Å². The first-order chi connectivity index (χ1) is 12.6. The highest BCUT2D eigenvalue weighted by Crippen LogP contribution is 2.48. The maximum atomic E-state index is 12.7. The Morgan fingerprint density at radius 1 is 0.926 bits per heavy atom. The van der Waals surface area contributed by atoms with Gasteiger partial charge in [-0.2, -0.15) is 0 Å². The number of benzene rings is 1. The fraction of sp³-hybridized carbons (Fsp3) is 0.545. The Hall–Kier alpha value is -1.72. The molecule has 1 aromatic rings. The van der Waals surface area contributed by atoms with Crippen LogP contribution in [0.2, 0.25) is 0 Å². The molecule has 2 aliphatic carbocycles. The minimum Gasteiger partial charge on any atom is -0.399 e. The van der Waals surface area contributed by atoms with Crippen molar-refractivity contribution in [2.75, 3.05) is 0 Å². The first-order valence-corrected chi connectivity index (χ1v) is 9.85. The quantitative estimate of drug-likeness (QED) is 0.772. The third-order valence-electron chi connectivity index (χ3n) is 6.91. The molecule has 5 heteroatoms. The lowest BCUT2D eigenvalue weighted by Gasteiger charge is -2.32. The lowest BCUT2D eigenvalue weighted by Crippen LogP contribution is -2.41. The van der Waals surface area contributed by atoms with Crippen LogP contribution < -0.4 is 5.46 Å². The van der Waals surface area contributed by atoms with Crippen molar-refractivity contribution >= 4 is 24.1 Å². The molecule has 1 aliphatic heterocycles. The molecule has 0 spiro atoms. The van der Waals surface area contributed by atoms with Crippen molar-refractivity contribution in [2.24, 2.45) is 5.41 Å². The Kier molecular flexibility index (Phi) is 4.24. The summed E-state index contributed by atoms with van der Waals surface area (Å²) in [5.74, 6) is 0.447. The molecule has 142 valence electrons. The Balaban J connectivity index is 1.55. The first-order valence-electron chi connectivity index (χ1n) is 9.85. The third-order valence-corrected chi connectivity index (χ3v) is 6.91. The van der Waals surface area contributed by atoms with Gasteiger partial charge in [0.15, 0.2) is 5.78 Å². The summed E-state index contributed by atoms with van der Waals surface area (Å²) in [6, 6.07) is 8.19. The minimum atomic E-state index is -0.459. The van der Waals surface area contributed by atoms with E-state index in [-0.39, 0.29) is 29.9 Å². The molecule has 2 fully saturated rings. The average molecular weight is 366 g/mol. The lowest BCUT2D eigenvalue weighted by molar-refractivity contribution is -0.125. The number of carbonyl (C=O) groups is 2. The van der Waals surface area contributed by atoms with E-state index in [0.717, 1.165) is 23.0 Å². The van der Waals surface area contributed by atoms with Crippen LogP contribution in [-0.4, -0.2) is 29.9 Å². The van der Waals surface area contributed by atoms with Gasteiger partial charge in [0.25, 0.3) is 0 Å². The van der Waals surface area contributed by atoms with E-state index in [9.17, 15) is 9.59 Å². The van der Waals surface area contributed by atoms with Gasteiger partial charge in [0.05, 0.1) is 16.6 Å². The van der Waals surface area contributed by atoms with Crippen molar-refractivity contribution in [1.29, 1.82) is 0 Å². The van der Waals surface area contributed by atoms with Gasteiger partial charge in [-0.25, -0.2) is 0 Å². The van der Waals surface area contributed by atoms with Gasteiger partial charge >= 0.3 is 7.12 Å². The SMILES string of the molecule is CC1(C)OB(c2ccc(C[C@]34CCC(=O)C=C3CCC4=O)cc2)OC1(C)C. The average Bonchev–Trinajstić information content (AvgIpc) is 3.02. The molecule has 0 unspecified atom stereocenters. The molecule has 1 saturated heterocycles. The smallest absolute Gasteiger partial charge is 0.399 e. The van der Waals surface area contributed by atoms with Gasteiger partial charge < -0.3 is 9.31 Å². The predicted molar refractivity (Wildman–Crippen MR) is 105 cm³/mol. The summed E-state index contributed by atoms with van der Waals surface area (Å²) in [6.07, 6.45) is 4.82. The normalized spacial score (nSPS) is 29.0. The molecule has 4 nitrogen and oxygen atoms in total. The molecule has 1 aromatic carbocycles. The second-order valence-corrected chi connectivity index (χ2v) is 9.15. The van der Waals surface area contributed by atoms with Crippen LogP contribution in [-0.2, 0) is 25.3 Å². The van der Waals surface area contributed by atoms with Crippen molar-refractivity contribution in [3.63, 3.8) is 0 Å². The molecular formula is C22H27BO4. The largest absolute Gasteiger partial charge is 0.494 e. The van der Waals surface area contributed by atoms with Crippen molar-refractivity contribution in [3.05, 3.63) is 41.5 Å². The summed E-state index contributed by atoms with van der Waals surface area (Å²) in [4.78, 5) is 24.5. The highest BCUT2D eigenvalue weighted by molar-refractivity contribution is 6.62. The number of carbonyl (C=O) groups excluding carboxylic acids is 2. The van der Waals surface area contributed by atoms with E-state index in [1.807, 2.05) is 39.8 Å². The van der Waals surface area contributed by atoms with Gasteiger partial charge in [-0.05, 0) is 64.1 Å². The van der Waals surface area contributed by atoms with Crippen LogP contribution in [0.25, 0.3) is 0 Å². The second kappa shape index (κ2) is 6.15. The summed E-state index contributed by atoms with van der Waals surface area (Å²) in [5.41, 5.74) is 1.96. The Morgan fingerprint density at radius 2 is 1.56 bits per heavy atom. The zero-order valence-electron chi connectivity index (χ0n) is 16.6. The fourth-order valence-electron chi connectivity index (χ4n) is 4.44. The van der Waals surface area contributed by atoms with Gasteiger partial charge in [0, 0.05) is 12.8 Å². The van der Waals surface area contributed by atoms with E-state index in [0.29, 0.717) is 25.7 Å². The van der Waals surface area contributed by atoms with Crippen LogP contribution in [0.15, 0.2) is 35.9 Å². The van der Waals surface area contributed by atoms with Gasteiger partial charge in [0.1, 0.15) is 5.78 Å². The van der Waals surface area contributed by atoms with Crippen LogP contribution >= 0.6 is 0 Å². The van der Waals surface area contributed by atoms with Gasteiger partial charge in [0.2, 0.25) is 0 Å². The van der Waals surface area contributed by atoms with Crippen molar-refractivity contribution in [2.45, 2.75) is 71.0 Å². The minimum absolute atomic E-state index is 0.159. The number of Topliss-reactive ketones (excluding diaryl/α,β-unsaturated/α-hetero) is 1. The summed E-state index contributed by atoms with van der Waals surface area (Å²) in [6.45, 7) is 8.18. The summed E-state index contributed by atoms with van der Waals surface area (Å²) < 4.78 is 12.2. The van der Waals surface area contributed by atoms with Gasteiger partial charge in [-0.3, -0.25) is 9.59 Å². The maximum Gasteiger partial charge on any atom is 0.494 e. The van der Waals surface area contributed by atoms with Crippen molar-refractivity contribution < 1.29 is 18.9 Å². The summed E-state index contributed by atoms with van der Waals surface area (Å²) in [5, 5.41) is 0. The molecule has 1 atom stereocenters.